The molecular formula is C20H20N2O5. The predicted molar refractivity (Wildman–Crippen MR) is 99.9 cm³/mol. The molecule has 0 fully saturated rings. The van der Waals surface area contributed by atoms with Crippen LogP contribution < -0.4 is 15.2 Å². The number of esters is 1. The van der Waals surface area contributed by atoms with Crippen LogP contribution >= 0.6 is 0 Å². The Hall–Kier alpha value is -3.32. The first-order chi connectivity index (χ1) is 13.1. The first kappa shape index (κ1) is 18.5. The third-order valence-corrected chi connectivity index (χ3v) is 4.15. The summed E-state index contributed by atoms with van der Waals surface area (Å²) in [5.74, 6) is 0.968. The number of benzene rings is 2. The highest BCUT2D eigenvalue weighted by Gasteiger charge is 2.16. The van der Waals surface area contributed by atoms with E-state index >= 15 is 0 Å². The molecule has 1 aromatic heterocycles. The Morgan fingerprint density at radius 2 is 2.04 bits per heavy atom. The van der Waals surface area contributed by atoms with Crippen molar-refractivity contribution in [2.75, 3.05) is 13.9 Å². The van der Waals surface area contributed by atoms with E-state index in [0.717, 1.165) is 22.8 Å². The van der Waals surface area contributed by atoms with Crippen LogP contribution in [0.25, 0.3) is 10.9 Å². The summed E-state index contributed by atoms with van der Waals surface area (Å²) >= 11 is 0. The summed E-state index contributed by atoms with van der Waals surface area (Å²) in [7, 11) is 1.34. The smallest absolute Gasteiger partial charge is 0.322 e. The molecule has 0 aliphatic carbocycles. The zero-order chi connectivity index (χ0) is 19.2. The van der Waals surface area contributed by atoms with Crippen molar-refractivity contribution in [1.29, 1.82) is 0 Å². The van der Waals surface area contributed by atoms with Gasteiger partial charge in [-0.2, -0.15) is 0 Å². The number of carbonyl (C=O) groups excluding carboxylic acids is 2. The summed E-state index contributed by atoms with van der Waals surface area (Å²) in [6.45, 7) is 0.248. The maximum Gasteiger partial charge on any atom is 0.322 e. The molecule has 0 saturated heterocycles. The second-order valence-corrected chi connectivity index (χ2v) is 5.92. The Kier molecular flexibility index (Phi) is 5.73. The number of ether oxygens (including phenoxy) is 3. The number of aromatic nitrogens is 1. The number of nitrogens with two attached hydrogens (primary N) is 1. The van der Waals surface area contributed by atoms with Gasteiger partial charge in [0.1, 0.15) is 12.3 Å². The summed E-state index contributed by atoms with van der Waals surface area (Å²) < 4.78 is 14.7. The van der Waals surface area contributed by atoms with Crippen LogP contribution in [0.1, 0.15) is 15.9 Å². The molecule has 0 radical (unpaired) electrons. The third-order valence-electron chi connectivity index (χ3n) is 4.15. The zero-order valence-electron chi connectivity index (χ0n) is 14.8. The van der Waals surface area contributed by atoms with E-state index < -0.39 is 6.04 Å². The van der Waals surface area contributed by atoms with E-state index in [1.165, 1.54) is 7.11 Å². The van der Waals surface area contributed by atoms with Gasteiger partial charge in [0.05, 0.1) is 7.11 Å². The van der Waals surface area contributed by atoms with Crippen molar-refractivity contribution < 1.29 is 23.8 Å². The Bertz CT molecular complexity index is 950. The predicted octanol–water partition coefficient (Wildman–Crippen LogP) is 2.44. The number of rotatable bonds is 4. The number of H-pyrrole nitrogens is 1. The minimum atomic E-state index is -0.607. The Morgan fingerprint density at radius 3 is 2.81 bits per heavy atom. The van der Waals surface area contributed by atoms with Crippen LogP contribution in [0.2, 0.25) is 0 Å². The normalized spacial score (nSPS) is 12.8. The number of hydrogen-bond donors (Lipinski definition) is 2. The summed E-state index contributed by atoms with van der Waals surface area (Å²) in [5, 5.41) is 1.10. The lowest BCUT2D eigenvalue weighted by molar-refractivity contribution is -0.142. The van der Waals surface area contributed by atoms with Gasteiger partial charge < -0.3 is 24.9 Å². The van der Waals surface area contributed by atoms with Gasteiger partial charge in [-0.25, -0.2) is 0 Å². The van der Waals surface area contributed by atoms with Crippen molar-refractivity contribution in [1.82, 2.24) is 4.98 Å². The molecule has 3 N–H and O–H groups in total. The topological polar surface area (TPSA) is 104 Å². The van der Waals surface area contributed by atoms with Gasteiger partial charge in [0, 0.05) is 29.1 Å². The van der Waals surface area contributed by atoms with Crippen molar-refractivity contribution in [2.45, 2.75) is 12.5 Å². The van der Waals surface area contributed by atoms with Crippen LogP contribution in [0.4, 0.5) is 0 Å². The summed E-state index contributed by atoms with van der Waals surface area (Å²) in [4.78, 5) is 24.7. The molecule has 1 atom stereocenters. The standard InChI is InChI=1S/C12H14N2O2.C8H6O3/c1-16-12(15)10(13)6-8-7-14-11-5-3-2-4-9(8)11;9-4-6-1-2-7-8(3-6)11-5-10-7/h2-5,7,10,14H,6,13H2,1H3;1-4H,5H2. The second-order valence-electron chi connectivity index (χ2n) is 5.92. The highest BCUT2D eigenvalue weighted by molar-refractivity contribution is 5.84. The molecule has 0 amide bonds. The SMILES string of the molecule is COC(=O)C(N)Cc1c[nH]c2ccccc12.O=Cc1ccc2c(c1)OCO2. The van der Waals surface area contributed by atoms with Gasteiger partial charge in [-0.1, -0.05) is 18.2 Å². The monoisotopic (exact) mass is 368 g/mol. The first-order valence-electron chi connectivity index (χ1n) is 8.35. The van der Waals surface area contributed by atoms with Gasteiger partial charge in [-0.15, -0.1) is 0 Å². The number of fused-ring (bicyclic) bond motifs is 2. The third kappa shape index (κ3) is 4.27. The molecule has 1 aliphatic rings. The largest absolute Gasteiger partial charge is 0.468 e. The zero-order valence-corrected chi connectivity index (χ0v) is 14.8. The first-order valence-corrected chi connectivity index (χ1v) is 8.35. The van der Waals surface area contributed by atoms with Gasteiger partial charge in [0.15, 0.2) is 11.5 Å². The van der Waals surface area contributed by atoms with Crippen molar-refractivity contribution in [2.24, 2.45) is 5.73 Å². The van der Waals surface area contributed by atoms with E-state index in [2.05, 4.69) is 9.72 Å². The van der Waals surface area contributed by atoms with E-state index in [1.807, 2.05) is 30.5 Å². The molecule has 4 rings (SSSR count). The summed E-state index contributed by atoms with van der Waals surface area (Å²) in [5.41, 5.74) is 8.41. The Morgan fingerprint density at radius 1 is 1.26 bits per heavy atom. The molecule has 2 heterocycles. The van der Waals surface area contributed by atoms with Crippen LogP contribution in [0.15, 0.2) is 48.7 Å². The Labute approximate surface area is 156 Å². The Balaban J connectivity index is 0.000000166. The molecule has 0 bridgehead atoms. The summed E-state index contributed by atoms with van der Waals surface area (Å²) in [6.07, 6.45) is 3.14. The van der Waals surface area contributed by atoms with Crippen LogP contribution in [0, 0.1) is 0 Å². The number of nitrogens with one attached hydrogen (secondary N) is 1. The molecule has 27 heavy (non-hydrogen) atoms. The van der Waals surface area contributed by atoms with Crippen molar-refractivity contribution in [3.8, 4) is 11.5 Å². The average molecular weight is 368 g/mol. The van der Waals surface area contributed by atoms with Gasteiger partial charge in [0.2, 0.25) is 6.79 Å². The lowest BCUT2D eigenvalue weighted by Crippen LogP contribution is -2.33. The quantitative estimate of drug-likeness (QED) is 0.541. The maximum atomic E-state index is 11.2. The number of para-hydroxylation sites is 1. The molecule has 3 aromatic rings. The van der Waals surface area contributed by atoms with Crippen LogP contribution in [0.5, 0.6) is 11.5 Å². The van der Waals surface area contributed by atoms with Crippen molar-refractivity contribution in [3.63, 3.8) is 0 Å². The molecule has 2 aromatic carbocycles. The van der Waals surface area contributed by atoms with Crippen LogP contribution in [-0.4, -0.2) is 37.2 Å². The molecule has 1 unspecified atom stereocenters. The number of carbonyl (C=O) groups is 2. The fraction of sp³-hybridized carbons (Fsp3) is 0.200. The molecule has 7 nitrogen and oxygen atoms in total. The van der Waals surface area contributed by atoms with E-state index in [4.69, 9.17) is 15.2 Å². The van der Waals surface area contributed by atoms with Gasteiger partial charge in [-0.05, 0) is 29.8 Å². The van der Waals surface area contributed by atoms with Crippen LogP contribution in [0.3, 0.4) is 0 Å². The number of methoxy groups -OCH3 is 1. The van der Waals surface area contributed by atoms with Gasteiger partial charge in [0.25, 0.3) is 0 Å². The molecular weight excluding hydrogens is 348 g/mol. The highest BCUT2D eigenvalue weighted by Crippen LogP contribution is 2.31. The molecule has 0 spiro atoms. The maximum absolute atomic E-state index is 11.2. The molecule has 1 aliphatic heterocycles. The molecule has 140 valence electrons. The van der Waals surface area contributed by atoms with E-state index in [0.29, 0.717) is 23.5 Å². The lowest BCUT2D eigenvalue weighted by Gasteiger charge is -2.07. The van der Waals surface area contributed by atoms with Crippen molar-refractivity contribution >= 4 is 23.2 Å². The van der Waals surface area contributed by atoms with E-state index in [-0.39, 0.29) is 12.8 Å². The number of hydrogen-bond acceptors (Lipinski definition) is 6. The fourth-order valence-electron chi connectivity index (χ4n) is 2.76. The van der Waals surface area contributed by atoms with Gasteiger partial charge >= 0.3 is 5.97 Å². The average Bonchev–Trinajstić information content (AvgIpc) is 3.34. The van der Waals surface area contributed by atoms with E-state index in [9.17, 15) is 9.59 Å². The number of aldehydes is 1. The highest BCUT2D eigenvalue weighted by atomic mass is 16.7. The second kappa shape index (κ2) is 8.37. The minimum absolute atomic E-state index is 0.248. The van der Waals surface area contributed by atoms with Gasteiger partial charge in [-0.3, -0.25) is 9.59 Å². The molecule has 0 saturated carbocycles. The fourth-order valence-corrected chi connectivity index (χ4v) is 2.76. The number of aromatic amines is 1. The summed E-state index contributed by atoms with van der Waals surface area (Å²) in [6, 6.07) is 12.4. The lowest BCUT2D eigenvalue weighted by atomic mass is 10.1. The molecule has 7 heteroatoms. The van der Waals surface area contributed by atoms with E-state index in [1.54, 1.807) is 18.2 Å². The van der Waals surface area contributed by atoms with Crippen molar-refractivity contribution in [3.05, 3.63) is 59.8 Å². The van der Waals surface area contributed by atoms with Crippen LogP contribution in [-0.2, 0) is 16.0 Å². The minimum Gasteiger partial charge on any atom is -0.468 e.